The number of fused-ring (bicyclic) bond motifs is 1. The molecule has 0 radical (unpaired) electrons. The molecule has 0 fully saturated rings. The summed E-state index contributed by atoms with van der Waals surface area (Å²) in [6.07, 6.45) is 0. The third kappa shape index (κ3) is 1.76. The fourth-order valence-corrected chi connectivity index (χ4v) is 2.16. The molecule has 5 nitrogen and oxygen atoms in total. The van der Waals surface area contributed by atoms with Crippen LogP contribution in [0.15, 0.2) is 24.3 Å². The largest absolute Gasteiger partial charge is 0.335 e. The third-order valence-corrected chi connectivity index (χ3v) is 2.83. The van der Waals surface area contributed by atoms with E-state index in [-0.39, 0.29) is 11.1 Å². The van der Waals surface area contributed by atoms with E-state index in [1.807, 2.05) is 0 Å². The van der Waals surface area contributed by atoms with Crippen LogP contribution in [0.4, 0.5) is 4.79 Å². The summed E-state index contributed by atoms with van der Waals surface area (Å²) in [6.45, 7) is 3.34. The van der Waals surface area contributed by atoms with Gasteiger partial charge in [-0.25, -0.2) is 5.01 Å². The van der Waals surface area contributed by atoms with Gasteiger partial charge in [0, 0.05) is 6.04 Å². The Kier molecular flexibility index (Phi) is 3.09. The number of halogens is 1. The number of hydrogen-bond acceptors (Lipinski definition) is 3. The molecule has 0 saturated carbocycles. The van der Waals surface area contributed by atoms with Crippen LogP contribution in [0.5, 0.6) is 0 Å². The van der Waals surface area contributed by atoms with Crippen LogP contribution in [0.1, 0.15) is 34.6 Å². The van der Waals surface area contributed by atoms with Crippen molar-refractivity contribution in [3.05, 3.63) is 35.4 Å². The number of benzene rings is 1. The molecule has 1 aromatic rings. The van der Waals surface area contributed by atoms with Crippen LogP contribution >= 0.6 is 11.6 Å². The molecule has 0 N–H and O–H groups in total. The van der Waals surface area contributed by atoms with Crippen molar-refractivity contribution in [2.24, 2.45) is 0 Å². The van der Waals surface area contributed by atoms with Crippen LogP contribution in [-0.2, 0) is 0 Å². The van der Waals surface area contributed by atoms with Crippen molar-refractivity contribution in [3.8, 4) is 0 Å². The molecule has 0 spiro atoms. The molecule has 94 valence electrons. The van der Waals surface area contributed by atoms with Crippen LogP contribution in [0.2, 0.25) is 0 Å². The zero-order valence-electron chi connectivity index (χ0n) is 9.88. The number of amides is 3. The van der Waals surface area contributed by atoms with Gasteiger partial charge < -0.3 is 0 Å². The molecule has 0 aliphatic carbocycles. The Labute approximate surface area is 109 Å². The quantitative estimate of drug-likeness (QED) is 0.469. The normalized spacial score (nSPS) is 14.1. The number of nitrogens with zero attached hydrogens (tertiary/aromatic N) is 2. The van der Waals surface area contributed by atoms with Crippen molar-refractivity contribution in [2.45, 2.75) is 19.9 Å². The van der Waals surface area contributed by atoms with Crippen molar-refractivity contribution in [2.75, 3.05) is 0 Å². The molecule has 1 heterocycles. The molecule has 1 aromatic carbocycles. The van der Waals surface area contributed by atoms with E-state index >= 15 is 0 Å². The third-order valence-electron chi connectivity index (χ3n) is 2.66. The molecule has 0 unspecified atom stereocenters. The minimum absolute atomic E-state index is 0.283. The maximum atomic E-state index is 12.1. The topological polar surface area (TPSA) is 57.7 Å². The van der Waals surface area contributed by atoms with E-state index in [9.17, 15) is 14.4 Å². The van der Waals surface area contributed by atoms with Crippen LogP contribution in [-0.4, -0.2) is 33.2 Å². The summed E-state index contributed by atoms with van der Waals surface area (Å²) < 4.78 is 0. The summed E-state index contributed by atoms with van der Waals surface area (Å²) >= 11 is 5.43. The van der Waals surface area contributed by atoms with Gasteiger partial charge in [0.15, 0.2) is 0 Å². The van der Waals surface area contributed by atoms with Crippen molar-refractivity contribution < 1.29 is 14.4 Å². The molecule has 18 heavy (non-hydrogen) atoms. The van der Waals surface area contributed by atoms with E-state index in [0.717, 1.165) is 10.0 Å². The van der Waals surface area contributed by atoms with Crippen molar-refractivity contribution in [1.29, 1.82) is 0 Å². The molecule has 1 aliphatic heterocycles. The van der Waals surface area contributed by atoms with Gasteiger partial charge in [-0.1, -0.05) is 12.1 Å². The summed E-state index contributed by atoms with van der Waals surface area (Å²) in [6, 6.07) is 6.03. The zero-order chi connectivity index (χ0) is 13.4. The smallest absolute Gasteiger partial charge is 0.267 e. The second-order valence-corrected chi connectivity index (χ2v) is 4.48. The predicted octanol–water partition coefficient (Wildman–Crippen LogP) is 2.27. The minimum Gasteiger partial charge on any atom is -0.267 e. The first-order valence-corrected chi connectivity index (χ1v) is 5.79. The average Bonchev–Trinajstić information content (AvgIpc) is 2.55. The van der Waals surface area contributed by atoms with Gasteiger partial charge >= 0.3 is 5.37 Å². The van der Waals surface area contributed by atoms with Gasteiger partial charge in [-0.15, -0.1) is 0 Å². The first kappa shape index (κ1) is 12.6. The standard InChI is InChI=1S/C12H11ClN2O3/c1-7(2)14(12(13)18)15-10(16)8-5-3-4-6-9(8)11(15)17/h3-7H,1-2H3. The Morgan fingerprint density at radius 1 is 1.17 bits per heavy atom. The summed E-state index contributed by atoms with van der Waals surface area (Å²) in [4.78, 5) is 35.6. The maximum absolute atomic E-state index is 12.1. The minimum atomic E-state index is -0.862. The van der Waals surface area contributed by atoms with Gasteiger partial charge in [-0.2, -0.15) is 5.01 Å². The summed E-state index contributed by atoms with van der Waals surface area (Å²) in [5.41, 5.74) is 0.567. The summed E-state index contributed by atoms with van der Waals surface area (Å²) in [5, 5.41) is 0.885. The molecule has 1 aliphatic rings. The number of imide groups is 1. The Bertz CT molecular complexity index is 507. The highest BCUT2D eigenvalue weighted by atomic mass is 35.5. The lowest BCUT2D eigenvalue weighted by Gasteiger charge is -2.30. The average molecular weight is 267 g/mol. The molecule has 6 heteroatoms. The Morgan fingerprint density at radius 2 is 1.61 bits per heavy atom. The van der Waals surface area contributed by atoms with Gasteiger partial charge in [-0.3, -0.25) is 14.4 Å². The summed E-state index contributed by atoms with van der Waals surface area (Å²) in [5.74, 6) is -1.06. The number of hydrogen-bond donors (Lipinski definition) is 0. The second-order valence-electron chi connectivity index (χ2n) is 4.16. The van der Waals surface area contributed by atoms with Crippen LogP contribution in [0, 0.1) is 0 Å². The van der Waals surface area contributed by atoms with E-state index in [1.54, 1.807) is 38.1 Å². The van der Waals surface area contributed by atoms with Gasteiger partial charge in [0.05, 0.1) is 11.1 Å². The number of carbonyl (C=O) groups excluding carboxylic acids is 3. The highest BCUT2D eigenvalue weighted by Crippen LogP contribution is 2.25. The van der Waals surface area contributed by atoms with Gasteiger partial charge in [0.25, 0.3) is 11.8 Å². The lowest BCUT2D eigenvalue weighted by atomic mass is 10.1. The Hall–Kier alpha value is -1.88. The fourth-order valence-electron chi connectivity index (χ4n) is 1.88. The monoisotopic (exact) mass is 266 g/mol. The summed E-state index contributed by atoms with van der Waals surface area (Å²) in [7, 11) is 0. The lowest BCUT2D eigenvalue weighted by Crippen LogP contribution is -2.51. The van der Waals surface area contributed by atoms with Crippen LogP contribution in [0.25, 0.3) is 0 Å². The number of carbonyl (C=O) groups is 3. The highest BCUT2D eigenvalue weighted by molar-refractivity contribution is 6.63. The molecule has 2 rings (SSSR count). The molecule has 0 atom stereocenters. The second kappa shape index (κ2) is 4.42. The van der Waals surface area contributed by atoms with Gasteiger partial charge in [0.1, 0.15) is 0 Å². The zero-order valence-corrected chi connectivity index (χ0v) is 10.6. The van der Waals surface area contributed by atoms with E-state index in [2.05, 4.69) is 0 Å². The SMILES string of the molecule is CC(C)N(C(=O)Cl)N1C(=O)c2ccccc2C1=O. The van der Waals surface area contributed by atoms with Crippen molar-refractivity contribution in [3.63, 3.8) is 0 Å². The first-order valence-electron chi connectivity index (χ1n) is 5.41. The molecule has 0 bridgehead atoms. The fraction of sp³-hybridized carbons (Fsp3) is 0.250. The number of hydrazine groups is 1. The molecule has 0 saturated heterocycles. The first-order chi connectivity index (χ1) is 8.45. The molecule has 3 amide bonds. The highest BCUT2D eigenvalue weighted by Gasteiger charge is 2.41. The maximum Gasteiger partial charge on any atom is 0.335 e. The Balaban J connectivity index is 2.47. The Morgan fingerprint density at radius 3 is 1.94 bits per heavy atom. The van der Waals surface area contributed by atoms with Gasteiger partial charge in [0.2, 0.25) is 0 Å². The molecular weight excluding hydrogens is 256 g/mol. The molecule has 0 aromatic heterocycles. The lowest BCUT2D eigenvalue weighted by molar-refractivity contribution is 0.0128. The predicted molar refractivity (Wildman–Crippen MR) is 65.2 cm³/mol. The van der Waals surface area contributed by atoms with E-state index in [1.165, 1.54) is 0 Å². The van der Waals surface area contributed by atoms with Crippen molar-refractivity contribution >= 4 is 28.8 Å². The van der Waals surface area contributed by atoms with Crippen LogP contribution < -0.4 is 0 Å². The van der Waals surface area contributed by atoms with Gasteiger partial charge in [-0.05, 0) is 37.6 Å². The van der Waals surface area contributed by atoms with E-state index < -0.39 is 23.2 Å². The van der Waals surface area contributed by atoms with E-state index in [4.69, 9.17) is 11.6 Å². The molecular formula is C12H11ClN2O3. The van der Waals surface area contributed by atoms with Crippen LogP contribution in [0.3, 0.4) is 0 Å². The number of rotatable bonds is 2. The van der Waals surface area contributed by atoms with E-state index in [0.29, 0.717) is 0 Å². The van der Waals surface area contributed by atoms with Crippen molar-refractivity contribution in [1.82, 2.24) is 10.0 Å².